The molecule has 4 aromatic rings. The Hall–Kier alpha value is -4.29. The Labute approximate surface area is 234 Å². The van der Waals surface area contributed by atoms with Gasteiger partial charge in [0, 0.05) is 27.9 Å². The number of aliphatic carboxylic acids is 1. The predicted octanol–water partition coefficient (Wildman–Crippen LogP) is 5.30. The van der Waals surface area contributed by atoms with Gasteiger partial charge >= 0.3 is 17.8 Å². The van der Waals surface area contributed by atoms with Crippen LogP contribution in [0.3, 0.4) is 0 Å². The van der Waals surface area contributed by atoms with Crippen LogP contribution in [-0.4, -0.2) is 26.4 Å². The minimum absolute atomic E-state index is 0.00502. The van der Waals surface area contributed by atoms with Gasteiger partial charge in [-0.25, -0.2) is 18.4 Å². The summed E-state index contributed by atoms with van der Waals surface area (Å²) in [7, 11) is 0. The number of hydrogen-bond donors (Lipinski definition) is 2. The molecule has 1 aromatic heterocycles. The van der Waals surface area contributed by atoms with Gasteiger partial charge in [0.2, 0.25) is 0 Å². The van der Waals surface area contributed by atoms with Crippen LogP contribution < -0.4 is 17.0 Å². The van der Waals surface area contributed by atoms with E-state index < -0.39 is 41.1 Å². The third-order valence-corrected chi connectivity index (χ3v) is 6.41. The van der Waals surface area contributed by atoms with Crippen molar-refractivity contribution in [3.63, 3.8) is 0 Å². The topological polar surface area (TPSA) is 107 Å². The summed E-state index contributed by atoms with van der Waals surface area (Å²) in [5, 5.41) is 7.26. The maximum absolute atomic E-state index is 14.7. The smallest absolute Gasteiger partial charge is 0.475 e. The molecule has 0 unspecified atom stereocenters. The van der Waals surface area contributed by atoms with Crippen LogP contribution in [0.15, 0.2) is 82.4 Å². The zero-order chi connectivity index (χ0) is 30.5. The number of nitrogens with two attached hydrogens (primary N) is 1. The highest BCUT2D eigenvalue weighted by atomic mass is 35.5. The first kappa shape index (κ1) is 31.2. The molecule has 0 saturated carbocycles. The monoisotopic (exact) mass is 595 g/mol. The Morgan fingerprint density at radius 1 is 0.927 bits per heavy atom. The first-order valence-corrected chi connectivity index (χ1v) is 12.2. The van der Waals surface area contributed by atoms with E-state index in [1.54, 1.807) is 30.3 Å². The molecule has 3 N–H and O–H groups in total. The van der Waals surface area contributed by atoms with E-state index >= 15 is 0 Å². The van der Waals surface area contributed by atoms with Crippen molar-refractivity contribution < 1.29 is 31.9 Å². The molecule has 0 bridgehead atoms. The Kier molecular flexibility index (Phi) is 9.84. The van der Waals surface area contributed by atoms with Crippen molar-refractivity contribution in [2.24, 2.45) is 5.73 Å². The molecule has 0 amide bonds. The number of hydrogen-bond acceptors (Lipinski definition) is 4. The van der Waals surface area contributed by atoms with E-state index in [0.717, 1.165) is 10.1 Å². The largest absolute Gasteiger partial charge is 0.490 e. The summed E-state index contributed by atoms with van der Waals surface area (Å²) >= 11 is 6.20. The van der Waals surface area contributed by atoms with Crippen molar-refractivity contribution in [3.8, 4) is 11.1 Å². The van der Waals surface area contributed by atoms with E-state index in [9.17, 15) is 31.5 Å². The minimum Gasteiger partial charge on any atom is -0.475 e. The summed E-state index contributed by atoms with van der Waals surface area (Å²) in [4.78, 5) is 35.9. The number of halogens is 6. The summed E-state index contributed by atoms with van der Waals surface area (Å²) < 4.78 is 63.2. The van der Waals surface area contributed by atoms with Crippen molar-refractivity contribution in [2.45, 2.75) is 32.2 Å². The Balaban J connectivity index is 0.000000587. The lowest BCUT2D eigenvalue weighted by Crippen LogP contribution is -2.44. The second kappa shape index (κ2) is 12.9. The fourth-order valence-corrected chi connectivity index (χ4v) is 4.19. The average molecular weight is 596 g/mol. The molecule has 1 heterocycles. The van der Waals surface area contributed by atoms with Crippen LogP contribution in [0.2, 0.25) is 5.02 Å². The van der Waals surface area contributed by atoms with Gasteiger partial charge in [-0.2, -0.15) is 13.2 Å². The van der Waals surface area contributed by atoms with Crippen LogP contribution in [0.25, 0.3) is 11.1 Å². The Morgan fingerprint density at radius 3 is 2.05 bits per heavy atom. The highest BCUT2D eigenvalue weighted by Crippen LogP contribution is 2.25. The molecule has 41 heavy (non-hydrogen) atoms. The van der Waals surface area contributed by atoms with Crippen LogP contribution in [0, 0.1) is 18.6 Å². The van der Waals surface area contributed by atoms with Crippen LogP contribution in [0.1, 0.15) is 22.9 Å². The molecule has 0 spiro atoms. The predicted molar refractivity (Wildman–Crippen MR) is 143 cm³/mol. The van der Waals surface area contributed by atoms with E-state index in [1.807, 2.05) is 6.07 Å². The van der Waals surface area contributed by atoms with Crippen molar-refractivity contribution in [3.05, 3.63) is 127 Å². The lowest BCUT2D eigenvalue weighted by atomic mass is 10.0. The fourth-order valence-electron chi connectivity index (χ4n) is 3.97. The van der Waals surface area contributed by atoms with Crippen LogP contribution >= 0.6 is 11.6 Å². The SMILES string of the molecule is Cc1c(-c2ccccc2F)c(=O)n(C[C@H](N)c2ccccc2)c(=O)n1Cc1c(F)cccc1Cl.O=C(O)C(F)(F)F. The van der Waals surface area contributed by atoms with Gasteiger partial charge < -0.3 is 10.8 Å². The van der Waals surface area contributed by atoms with Crippen molar-refractivity contribution in [1.82, 2.24) is 9.13 Å². The van der Waals surface area contributed by atoms with Gasteiger partial charge in [0.05, 0.1) is 18.7 Å². The molecular weight excluding hydrogens is 573 g/mol. The molecule has 3 aromatic carbocycles. The fraction of sp³-hybridized carbons (Fsp3) is 0.179. The van der Waals surface area contributed by atoms with Gasteiger partial charge in [-0.15, -0.1) is 0 Å². The molecule has 0 aliphatic carbocycles. The van der Waals surface area contributed by atoms with Crippen molar-refractivity contribution in [2.75, 3.05) is 0 Å². The standard InChI is InChI=1S/C26H22ClF2N3O2.C2HF3O2/c1-16-24(18-10-5-6-12-21(18)28)25(33)32(15-23(30)17-8-3-2-4-9-17)26(34)31(16)14-19-20(27)11-7-13-22(19)29;3-2(4,5)1(6)7/h2-13,23H,14-15,30H2,1H3;(H,6,7)/t23-;/m0./s1. The van der Waals surface area contributed by atoms with Gasteiger partial charge in [0.25, 0.3) is 5.56 Å². The summed E-state index contributed by atoms with van der Waals surface area (Å²) in [6.07, 6.45) is -5.08. The minimum atomic E-state index is -5.08. The molecule has 0 fully saturated rings. The van der Waals surface area contributed by atoms with Crippen LogP contribution in [-0.2, 0) is 17.9 Å². The maximum Gasteiger partial charge on any atom is 0.490 e. The molecule has 0 aliphatic heterocycles. The number of aromatic nitrogens is 2. The zero-order valence-electron chi connectivity index (χ0n) is 21.3. The van der Waals surface area contributed by atoms with Crippen molar-refractivity contribution >= 4 is 17.6 Å². The summed E-state index contributed by atoms with van der Waals surface area (Å²) in [6.45, 7) is 1.15. The first-order valence-electron chi connectivity index (χ1n) is 11.9. The Morgan fingerprint density at radius 2 is 1.49 bits per heavy atom. The molecule has 13 heteroatoms. The van der Waals surface area contributed by atoms with Crippen molar-refractivity contribution in [1.29, 1.82) is 0 Å². The summed E-state index contributed by atoms with van der Waals surface area (Å²) in [6, 6.07) is 18.4. The lowest BCUT2D eigenvalue weighted by molar-refractivity contribution is -0.192. The normalized spacial score (nSPS) is 11.9. The van der Waals surface area contributed by atoms with E-state index in [1.165, 1.54) is 47.9 Å². The van der Waals surface area contributed by atoms with E-state index in [0.29, 0.717) is 0 Å². The molecule has 0 radical (unpaired) electrons. The first-order chi connectivity index (χ1) is 19.2. The number of benzene rings is 3. The third kappa shape index (κ3) is 7.27. The lowest BCUT2D eigenvalue weighted by Gasteiger charge is -2.20. The molecular formula is C28H23ClF5N3O4. The highest BCUT2D eigenvalue weighted by molar-refractivity contribution is 6.31. The molecule has 7 nitrogen and oxygen atoms in total. The molecule has 216 valence electrons. The van der Waals surface area contributed by atoms with Crippen LogP contribution in [0.5, 0.6) is 0 Å². The van der Waals surface area contributed by atoms with E-state index in [2.05, 4.69) is 0 Å². The Bertz CT molecular complexity index is 1650. The second-order valence-corrected chi connectivity index (χ2v) is 9.15. The summed E-state index contributed by atoms with van der Waals surface area (Å²) in [5.41, 5.74) is 6.01. The number of carboxylic acids is 1. The van der Waals surface area contributed by atoms with E-state index in [-0.39, 0.29) is 40.5 Å². The number of nitrogens with zero attached hydrogens (tertiary/aromatic N) is 2. The number of carboxylic acid groups (broad SMARTS) is 1. The number of carbonyl (C=O) groups is 1. The zero-order valence-corrected chi connectivity index (χ0v) is 22.1. The van der Waals surface area contributed by atoms with Gasteiger partial charge in [-0.1, -0.05) is 66.2 Å². The number of alkyl halides is 3. The van der Waals surface area contributed by atoms with Gasteiger partial charge in [-0.05, 0) is 30.7 Å². The average Bonchev–Trinajstić information content (AvgIpc) is 2.92. The second-order valence-electron chi connectivity index (χ2n) is 8.75. The third-order valence-electron chi connectivity index (χ3n) is 6.06. The highest BCUT2D eigenvalue weighted by Gasteiger charge is 2.38. The van der Waals surface area contributed by atoms with E-state index in [4.69, 9.17) is 27.2 Å². The molecule has 4 rings (SSSR count). The summed E-state index contributed by atoms with van der Waals surface area (Å²) in [5.74, 6) is -3.96. The molecule has 1 atom stereocenters. The van der Waals surface area contributed by atoms with Gasteiger partial charge in [0.1, 0.15) is 11.6 Å². The quantitative estimate of drug-likeness (QED) is 0.294. The molecule has 0 aliphatic rings. The van der Waals surface area contributed by atoms with Gasteiger partial charge in [-0.3, -0.25) is 13.9 Å². The van der Waals surface area contributed by atoms with Gasteiger partial charge in [0.15, 0.2) is 0 Å². The van der Waals surface area contributed by atoms with Crippen LogP contribution in [0.4, 0.5) is 22.0 Å². The molecule has 0 saturated heterocycles. The maximum atomic E-state index is 14.7. The number of rotatable bonds is 6.